The van der Waals surface area contributed by atoms with Gasteiger partial charge in [-0.1, -0.05) is 68.6 Å². The molecule has 1 N–H and O–H groups in total. The van der Waals surface area contributed by atoms with Gasteiger partial charge in [0, 0.05) is 29.7 Å². The average molecular weight is 499 g/mol. The van der Waals surface area contributed by atoms with Crippen molar-refractivity contribution >= 4 is 19.6 Å². The van der Waals surface area contributed by atoms with E-state index in [1.165, 1.54) is 22.3 Å². The van der Waals surface area contributed by atoms with Crippen LogP contribution < -0.4 is 0 Å². The van der Waals surface area contributed by atoms with Gasteiger partial charge in [-0.05, 0) is 67.2 Å². The Morgan fingerprint density at radius 3 is 2.53 bits per heavy atom. The summed E-state index contributed by atoms with van der Waals surface area (Å²) in [5.41, 5.74) is 8.18. The largest absolute Gasteiger partial charge is 0.384 e. The second-order valence-electron chi connectivity index (χ2n) is 12.6. The zero-order valence-electron chi connectivity index (χ0n) is 22.3. The lowest BCUT2D eigenvalue weighted by molar-refractivity contribution is -0.114. The highest BCUT2D eigenvalue weighted by Gasteiger charge is 2.60. The number of fused-ring (bicyclic) bond motifs is 4. The molecule has 36 heavy (non-hydrogen) atoms. The van der Waals surface area contributed by atoms with E-state index in [-0.39, 0.29) is 28.8 Å². The predicted molar refractivity (Wildman–Crippen MR) is 147 cm³/mol. The molecule has 0 heterocycles. The number of rotatable bonds is 3. The van der Waals surface area contributed by atoms with E-state index >= 15 is 0 Å². The Labute approximate surface area is 216 Å². The van der Waals surface area contributed by atoms with Gasteiger partial charge in [0.25, 0.3) is 0 Å². The van der Waals surface area contributed by atoms with Crippen LogP contribution in [-0.4, -0.2) is 30.3 Å². The predicted octanol–water partition coefficient (Wildman–Crippen LogP) is 6.57. The third kappa shape index (κ3) is 4.21. The summed E-state index contributed by atoms with van der Waals surface area (Å²) in [5.74, 6) is 4.44. The van der Waals surface area contributed by atoms with Gasteiger partial charge in [-0.15, -0.1) is 11.5 Å². The van der Waals surface area contributed by atoms with Gasteiger partial charge < -0.3 is 5.11 Å². The van der Waals surface area contributed by atoms with Crippen molar-refractivity contribution in [2.45, 2.75) is 83.5 Å². The second-order valence-corrected chi connectivity index (χ2v) is 17.4. The molecule has 1 aromatic carbocycles. The molecule has 0 aromatic heterocycles. The Morgan fingerprint density at radius 2 is 1.86 bits per heavy atom. The van der Waals surface area contributed by atoms with Gasteiger partial charge in [-0.2, -0.15) is 0 Å². The first-order chi connectivity index (χ1) is 16.9. The van der Waals surface area contributed by atoms with Gasteiger partial charge in [-0.25, -0.2) is 0 Å². The van der Waals surface area contributed by atoms with Crippen molar-refractivity contribution in [3.05, 3.63) is 70.3 Å². The highest BCUT2D eigenvalue weighted by molar-refractivity contribution is 6.83. The van der Waals surface area contributed by atoms with Crippen LogP contribution in [0.2, 0.25) is 19.6 Å². The smallest absolute Gasteiger partial charge is 0.159 e. The molecule has 3 nitrogen and oxygen atoms in total. The zero-order valence-corrected chi connectivity index (χ0v) is 23.3. The van der Waals surface area contributed by atoms with E-state index in [4.69, 9.17) is 0 Å². The molecule has 5 rings (SSSR count). The van der Waals surface area contributed by atoms with E-state index in [1.807, 2.05) is 18.2 Å². The fourth-order valence-electron chi connectivity index (χ4n) is 7.18. The molecular formula is C32H38O3Si. The zero-order chi connectivity index (χ0) is 25.9. The van der Waals surface area contributed by atoms with E-state index in [2.05, 4.69) is 62.3 Å². The fourth-order valence-corrected chi connectivity index (χ4v) is 7.80. The first kappa shape index (κ1) is 25.2. The number of hydrogen-bond donors (Lipinski definition) is 1. The average Bonchev–Trinajstić information content (AvgIpc) is 3.07. The molecule has 0 spiro atoms. The minimum atomic E-state index is -1.53. The number of carbonyl (C=O) groups excluding carboxylic acids is 2. The van der Waals surface area contributed by atoms with Gasteiger partial charge in [-0.3, -0.25) is 9.59 Å². The summed E-state index contributed by atoms with van der Waals surface area (Å²) in [7, 11) is -1.53. The monoisotopic (exact) mass is 498 g/mol. The summed E-state index contributed by atoms with van der Waals surface area (Å²) < 4.78 is 0. The van der Waals surface area contributed by atoms with E-state index < -0.39 is 13.7 Å². The minimum absolute atomic E-state index is 0.0705. The third-order valence-corrected chi connectivity index (χ3v) is 10.0. The van der Waals surface area contributed by atoms with E-state index in [0.717, 1.165) is 31.2 Å². The molecule has 0 bridgehead atoms. The molecule has 0 unspecified atom stereocenters. The van der Waals surface area contributed by atoms with Crippen molar-refractivity contribution < 1.29 is 14.7 Å². The quantitative estimate of drug-likeness (QED) is 0.222. The maximum absolute atomic E-state index is 12.2. The van der Waals surface area contributed by atoms with Crippen molar-refractivity contribution in [3.63, 3.8) is 0 Å². The number of hydrogen-bond acceptors (Lipinski definition) is 3. The molecule has 4 aliphatic carbocycles. The molecule has 0 radical (unpaired) electrons. The van der Waals surface area contributed by atoms with Gasteiger partial charge in [0.05, 0.1) is 5.60 Å². The van der Waals surface area contributed by atoms with E-state index in [0.29, 0.717) is 18.8 Å². The topological polar surface area (TPSA) is 54.4 Å². The first-order valence-electron chi connectivity index (χ1n) is 13.4. The van der Waals surface area contributed by atoms with Gasteiger partial charge in [0.1, 0.15) is 8.07 Å². The number of ketones is 2. The molecule has 0 amide bonds. The molecule has 4 aliphatic rings. The van der Waals surface area contributed by atoms with Crippen molar-refractivity contribution in [1.82, 2.24) is 0 Å². The third-order valence-electron chi connectivity index (χ3n) is 9.10. The molecule has 0 aliphatic heterocycles. The number of carbonyl (C=O) groups is 2. The van der Waals surface area contributed by atoms with Crippen LogP contribution in [0.1, 0.15) is 74.2 Å². The number of Topliss-reactive ketones (excluding diaryl/α,β-unsaturated/α-hetero) is 1. The van der Waals surface area contributed by atoms with Crippen LogP contribution in [0.5, 0.6) is 0 Å². The Hall–Kier alpha value is -2.48. The Kier molecular flexibility index (Phi) is 6.17. The summed E-state index contributed by atoms with van der Waals surface area (Å²) in [6.07, 6.45) is 10.8. The van der Waals surface area contributed by atoms with Crippen molar-refractivity contribution in [2.75, 3.05) is 0 Å². The Bertz CT molecular complexity index is 1260. The molecule has 1 saturated carbocycles. The fraction of sp³-hybridized carbons (Fsp3) is 0.500. The number of benzene rings is 1. The van der Waals surface area contributed by atoms with Crippen LogP contribution in [0.15, 0.2) is 59.2 Å². The molecule has 0 saturated heterocycles. The standard InChI is InChI=1S/C32H38O3Si/c1-21(33)22-7-9-23(10-8-22)28-20-31(2)29(15-17-32(31,35)16-6-18-36(3,4)5)27-13-11-24-19-25(34)12-14-26(24)30(27)28/h7-10,15,17,19,27-29,35H,11-14,16,20H2,1-5H3/t27-,28+,29-,31-,32-/m0/s1. The molecule has 1 fully saturated rings. The SMILES string of the molecule is CC(=O)c1ccc([C@H]2C[C@@]3(C)[C@@H](C=C[C@@]3(O)CC#C[Si](C)(C)C)[C@@H]3CCC4=CC(=O)CCC4=C32)cc1. The lowest BCUT2D eigenvalue weighted by Gasteiger charge is -2.54. The Balaban J connectivity index is 1.61. The Morgan fingerprint density at radius 1 is 1.14 bits per heavy atom. The lowest BCUT2D eigenvalue weighted by atomic mass is 9.50. The van der Waals surface area contributed by atoms with E-state index in [9.17, 15) is 14.7 Å². The molecule has 4 heteroatoms. The minimum Gasteiger partial charge on any atom is -0.384 e. The summed E-state index contributed by atoms with van der Waals surface area (Å²) in [6.45, 7) is 10.6. The number of allylic oxidation sites excluding steroid dienone is 5. The van der Waals surface area contributed by atoms with Crippen LogP contribution in [0.4, 0.5) is 0 Å². The maximum Gasteiger partial charge on any atom is 0.159 e. The van der Waals surface area contributed by atoms with Gasteiger partial charge in [0.15, 0.2) is 11.6 Å². The van der Waals surface area contributed by atoms with Gasteiger partial charge in [0.2, 0.25) is 0 Å². The molecule has 1 aromatic rings. The van der Waals surface area contributed by atoms with Crippen LogP contribution >= 0.6 is 0 Å². The summed E-state index contributed by atoms with van der Waals surface area (Å²) in [4.78, 5) is 24.2. The van der Waals surface area contributed by atoms with Crippen LogP contribution in [0, 0.1) is 28.7 Å². The van der Waals surface area contributed by atoms with Gasteiger partial charge >= 0.3 is 0 Å². The van der Waals surface area contributed by atoms with Crippen LogP contribution in [-0.2, 0) is 4.79 Å². The molecule has 5 atom stereocenters. The summed E-state index contributed by atoms with van der Waals surface area (Å²) >= 11 is 0. The van der Waals surface area contributed by atoms with Crippen LogP contribution in [0.3, 0.4) is 0 Å². The second kappa shape index (κ2) is 8.82. The van der Waals surface area contributed by atoms with Crippen LogP contribution in [0.25, 0.3) is 0 Å². The normalized spacial score (nSPS) is 33.2. The molecule has 188 valence electrons. The van der Waals surface area contributed by atoms with Crippen molar-refractivity contribution in [3.8, 4) is 11.5 Å². The summed E-state index contributed by atoms with van der Waals surface area (Å²) in [5, 5.41) is 12.1. The molecular weight excluding hydrogens is 460 g/mol. The highest BCUT2D eigenvalue weighted by Crippen LogP contribution is 2.65. The van der Waals surface area contributed by atoms with Crippen molar-refractivity contribution in [2.24, 2.45) is 17.3 Å². The summed E-state index contributed by atoms with van der Waals surface area (Å²) in [6, 6.07) is 8.09. The maximum atomic E-state index is 12.2. The first-order valence-corrected chi connectivity index (χ1v) is 16.9. The van der Waals surface area contributed by atoms with Crippen molar-refractivity contribution in [1.29, 1.82) is 0 Å². The lowest BCUT2D eigenvalue weighted by Crippen LogP contribution is -2.52. The number of aliphatic hydroxyl groups is 1. The van der Waals surface area contributed by atoms with E-state index in [1.54, 1.807) is 6.92 Å². The highest BCUT2D eigenvalue weighted by atomic mass is 28.3.